The van der Waals surface area contributed by atoms with Crippen LogP contribution >= 0.6 is 23.2 Å². The Labute approximate surface area is 267 Å². The number of benzene rings is 4. The maximum Gasteiger partial charge on any atom is 0.264 e. The van der Waals surface area contributed by atoms with Gasteiger partial charge in [-0.3, -0.25) is 13.9 Å². The molecule has 0 fully saturated rings. The number of carbonyl (C=O) groups is 2. The molecule has 230 valence electrons. The number of hydrogen-bond acceptors (Lipinski definition) is 4. The minimum atomic E-state index is -4.32. The number of rotatable bonds is 13. The molecule has 0 spiro atoms. The van der Waals surface area contributed by atoms with Gasteiger partial charge in [-0.25, -0.2) is 12.8 Å². The number of carbonyl (C=O) groups excluding carboxylic acids is 2. The predicted octanol–water partition coefficient (Wildman–Crippen LogP) is 6.49. The van der Waals surface area contributed by atoms with Gasteiger partial charge in [-0.15, -0.1) is 0 Å². The van der Waals surface area contributed by atoms with Gasteiger partial charge in [-0.05, 0) is 48.4 Å². The van der Waals surface area contributed by atoms with Gasteiger partial charge in [0.2, 0.25) is 11.8 Å². The van der Waals surface area contributed by atoms with E-state index in [2.05, 4.69) is 5.32 Å². The zero-order valence-electron chi connectivity index (χ0n) is 24.0. The second-order valence-electron chi connectivity index (χ2n) is 10.1. The lowest BCUT2D eigenvalue weighted by atomic mass is 10.0. The van der Waals surface area contributed by atoms with E-state index in [4.69, 9.17) is 23.2 Å². The molecule has 7 nitrogen and oxygen atoms in total. The summed E-state index contributed by atoms with van der Waals surface area (Å²) in [6.07, 6.45) is 0.773. The first-order chi connectivity index (χ1) is 21.1. The molecule has 1 N–H and O–H groups in total. The van der Waals surface area contributed by atoms with Crippen LogP contribution in [0.15, 0.2) is 108 Å². The summed E-state index contributed by atoms with van der Waals surface area (Å²) in [4.78, 5) is 29.1. The Morgan fingerprint density at radius 1 is 0.864 bits per heavy atom. The number of nitrogens with zero attached hydrogens (tertiary/aromatic N) is 2. The Morgan fingerprint density at radius 2 is 1.45 bits per heavy atom. The summed E-state index contributed by atoms with van der Waals surface area (Å²) >= 11 is 12.5. The summed E-state index contributed by atoms with van der Waals surface area (Å²) in [5.74, 6) is -1.73. The fourth-order valence-electron chi connectivity index (χ4n) is 4.66. The molecule has 1 atom stereocenters. The van der Waals surface area contributed by atoms with Gasteiger partial charge in [-0.1, -0.05) is 96.9 Å². The number of halogens is 3. The maximum atomic E-state index is 15.0. The molecular formula is C33H32Cl2FN3O4S. The molecule has 44 heavy (non-hydrogen) atoms. The molecule has 0 bridgehead atoms. The quantitative estimate of drug-likeness (QED) is 0.178. The highest BCUT2D eigenvalue weighted by atomic mass is 35.5. The average molecular weight is 657 g/mol. The predicted molar refractivity (Wildman–Crippen MR) is 172 cm³/mol. The molecular weight excluding hydrogens is 624 g/mol. The largest absolute Gasteiger partial charge is 0.354 e. The zero-order chi connectivity index (χ0) is 31.7. The van der Waals surface area contributed by atoms with Crippen LogP contribution < -0.4 is 9.62 Å². The molecule has 11 heteroatoms. The van der Waals surface area contributed by atoms with E-state index in [1.54, 1.807) is 24.3 Å². The SMILES string of the molecule is CCCNC(=O)[C@H](Cc1ccccc1)N(Cc1ccccc1F)C(=O)CN(c1cc(Cl)cc(Cl)c1)S(=O)(=O)c1ccccc1. The minimum Gasteiger partial charge on any atom is -0.354 e. The van der Waals surface area contributed by atoms with E-state index in [1.165, 1.54) is 53.4 Å². The van der Waals surface area contributed by atoms with Gasteiger partial charge in [0, 0.05) is 35.1 Å². The van der Waals surface area contributed by atoms with Crippen molar-refractivity contribution in [3.63, 3.8) is 0 Å². The van der Waals surface area contributed by atoms with Crippen molar-refractivity contribution in [3.8, 4) is 0 Å². The molecule has 0 unspecified atom stereocenters. The molecule has 0 aliphatic rings. The van der Waals surface area contributed by atoms with Crippen molar-refractivity contribution in [1.82, 2.24) is 10.2 Å². The summed E-state index contributed by atoms with van der Waals surface area (Å²) in [7, 11) is -4.32. The number of sulfonamides is 1. The van der Waals surface area contributed by atoms with Crippen LogP contribution in [0.2, 0.25) is 10.0 Å². The molecule has 0 radical (unpaired) electrons. The van der Waals surface area contributed by atoms with E-state index in [9.17, 15) is 22.4 Å². The molecule has 2 amide bonds. The highest BCUT2D eigenvalue weighted by Gasteiger charge is 2.35. The third-order valence-corrected chi connectivity index (χ3v) is 9.09. The van der Waals surface area contributed by atoms with Crippen LogP contribution in [0.4, 0.5) is 10.1 Å². The second-order valence-corrected chi connectivity index (χ2v) is 12.8. The Balaban J connectivity index is 1.82. The Morgan fingerprint density at radius 3 is 2.07 bits per heavy atom. The molecule has 0 aromatic heterocycles. The highest BCUT2D eigenvalue weighted by molar-refractivity contribution is 7.92. The molecule has 0 saturated carbocycles. The van der Waals surface area contributed by atoms with Gasteiger partial charge in [-0.2, -0.15) is 0 Å². The number of nitrogens with one attached hydrogen (secondary N) is 1. The lowest BCUT2D eigenvalue weighted by Gasteiger charge is -2.34. The smallest absolute Gasteiger partial charge is 0.264 e. The van der Waals surface area contributed by atoms with Crippen molar-refractivity contribution in [1.29, 1.82) is 0 Å². The van der Waals surface area contributed by atoms with Gasteiger partial charge >= 0.3 is 0 Å². The van der Waals surface area contributed by atoms with Crippen LogP contribution in [0.25, 0.3) is 0 Å². The van der Waals surface area contributed by atoms with Crippen LogP contribution in [0, 0.1) is 5.82 Å². The molecule has 0 heterocycles. The fourth-order valence-corrected chi connectivity index (χ4v) is 6.60. The van der Waals surface area contributed by atoms with Crippen molar-refractivity contribution in [2.45, 2.75) is 37.2 Å². The van der Waals surface area contributed by atoms with E-state index < -0.39 is 40.2 Å². The van der Waals surface area contributed by atoms with Gasteiger partial charge in [0.05, 0.1) is 10.6 Å². The average Bonchev–Trinajstić information content (AvgIpc) is 3.01. The van der Waals surface area contributed by atoms with E-state index >= 15 is 0 Å². The van der Waals surface area contributed by atoms with Crippen LogP contribution in [-0.2, 0) is 32.6 Å². The molecule has 4 rings (SSSR count). The summed E-state index contributed by atoms with van der Waals surface area (Å²) in [5, 5.41) is 3.18. The number of anilines is 1. The number of hydrogen-bond donors (Lipinski definition) is 1. The van der Waals surface area contributed by atoms with Crippen molar-refractivity contribution >= 4 is 50.7 Å². The highest BCUT2D eigenvalue weighted by Crippen LogP contribution is 2.30. The normalized spacial score (nSPS) is 11.9. The Bertz CT molecular complexity index is 1670. The molecule has 4 aromatic carbocycles. The van der Waals surface area contributed by atoms with Crippen molar-refractivity contribution in [2.24, 2.45) is 0 Å². The number of amides is 2. The van der Waals surface area contributed by atoms with Gasteiger partial charge in [0.25, 0.3) is 10.0 Å². The Kier molecular flexibility index (Phi) is 11.4. The topological polar surface area (TPSA) is 86.8 Å². The monoisotopic (exact) mass is 655 g/mol. The fraction of sp³-hybridized carbons (Fsp3) is 0.212. The molecule has 0 saturated heterocycles. The molecule has 0 aliphatic heterocycles. The summed E-state index contributed by atoms with van der Waals surface area (Å²) in [6.45, 7) is 1.27. The summed E-state index contributed by atoms with van der Waals surface area (Å²) < 4.78 is 43.8. The summed E-state index contributed by atoms with van der Waals surface area (Å²) in [6, 6.07) is 25.8. The second kappa shape index (κ2) is 15.2. The standard InChI is InChI=1S/C33H32Cl2FN3O4S/c1-2-17-37-33(41)31(18-24-11-5-3-6-12-24)38(22-25-13-9-10-16-30(25)36)32(40)23-39(28-20-26(34)19-27(35)21-28)44(42,43)29-14-7-4-8-15-29/h3-16,19-21,31H,2,17-18,22-23H2,1H3,(H,37,41)/t31-/m0/s1. The van der Waals surface area contributed by atoms with E-state index in [-0.39, 0.29) is 39.2 Å². The van der Waals surface area contributed by atoms with Crippen LogP contribution in [0.5, 0.6) is 0 Å². The lowest BCUT2D eigenvalue weighted by molar-refractivity contribution is -0.140. The van der Waals surface area contributed by atoms with Crippen molar-refractivity contribution in [3.05, 3.63) is 130 Å². The van der Waals surface area contributed by atoms with E-state index in [1.807, 2.05) is 37.3 Å². The van der Waals surface area contributed by atoms with Gasteiger partial charge < -0.3 is 10.2 Å². The van der Waals surface area contributed by atoms with Gasteiger partial charge in [0.1, 0.15) is 18.4 Å². The van der Waals surface area contributed by atoms with Crippen molar-refractivity contribution < 1.29 is 22.4 Å². The van der Waals surface area contributed by atoms with Crippen LogP contribution in [0.1, 0.15) is 24.5 Å². The maximum absolute atomic E-state index is 15.0. The third-order valence-electron chi connectivity index (χ3n) is 6.86. The summed E-state index contributed by atoms with van der Waals surface area (Å²) in [5.41, 5.74) is 0.997. The molecule has 0 aliphatic carbocycles. The van der Waals surface area contributed by atoms with Crippen LogP contribution in [0.3, 0.4) is 0 Å². The molecule has 4 aromatic rings. The van der Waals surface area contributed by atoms with Crippen LogP contribution in [-0.4, -0.2) is 44.3 Å². The third kappa shape index (κ3) is 8.37. The first kappa shape index (κ1) is 33.0. The lowest BCUT2D eigenvalue weighted by Crippen LogP contribution is -2.53. The Hall–Kier alpha value is -3.92. The minimum absolute atomic E-state index is 0.0561. The first-order valence-electron chi connectivity index (χ1n) is 14.0. The van der Waals surface area contributed by atoms with E-state index in [0.717, 1.165) is 9.87 Å². The van der Waals surface area contributed by atoms with Crippen molar-refractivity contribution in [2.75, 3.05) is 17.4 Å². The first-order valence-corrected chi connectivity index (χ1v) is 16.2. The van der Waals surface area contributed by atoms with Gasteiger partial charge in [0.15, 0.2) is 0 Å². The van der Waals surface area contributed by atoms with E-state index in [0.29, 0.717) is 13.0 Å². The zero-order valence-corrected chi connectivity index (χ0v) is 26.3.